The van der Waals surface area contributed by atoms with Crippen LogP contribution in [0.1, 0.15) is 58.1 Å². The van der Waals surface area contributed by atoms with Crippen LogP contribution in [0.3, 0.4) is 0 Å². The maximum absolute atomic E-state index is 12.6. The van der Waals surface area contributed by atoms with E-state index in [1.807, 2.05) is 25.1 Å². The highest BCUT2D eigenvalue weighted by molar-refractivity contribution is 6.07. The lowest BCUT2D eigenvalue weighted by Gasteiger charge is -2.19. The number of ether oxygens (including phenoxy) is 2. The van der Waals surface area contributed by atoms with Gasteiger partial charge in [0, 0.05) is 0 Å². The number of carbonyl (C=O) groups excluding carboxylic acids is 3. The Hall–Kier alpha value is -2.57. The predicted molar refractivity (Wildman–Crippen MR) is 112 cm³/mol. The van der Waals surface area contributed by atoms with Gasteiger partial charge in [0.25, 0.3) is 0 Å². The van der Waals surface area contributed by atoms with Crippen molar-refractivity contribution < 1.29 is 23.9 Å². The van der Waals surface area contributed by atoms with E-state index in [4.69, 9.17) is 9.47 Å². The number of imide groups is 1. The van der Waals surface area contributed by atoms with Gasteiger partial charge in [0.15, 0.2) is 11.5 Å². The SMILES string of the molecule is COc1cc([C@H](C)NC(=O)CN2C(=O)[C@H]3CCCC[C@H]3C2=O)ccc1OCC(C)C. The number of hydrogen-bond acceptors (Lipinski definition) is 5. The second kappa shape index (κ2) is 9.49. The third-order valence-corrected chi connectivity index (χ3v) is 5.87. The number of benzene rings is 1. The van der Waals surface area contributed by atoms with Crippen LogP contribution in [0, 0.1) is 17.8 Å². The van der Waals surface area contributed by atoms with Crippen LogP contribution in [-0.4, -0.2) is 42.9 Å². The summed E-state index contributed by atoms with van der Waals surface area (Å²) in [6.45, 7) is 6.37. The van der Waals surface area contributed by atoms with Gasteiger partial charge in [-0.05, 0) is 43.4 Å². The van der Waals surface area contributed by atoms with Gasteiger partial charge in [-0.25, -0.2) is 0 Å². The van der Waals surface area contributed by atoms with E-state index in [-0.39, 0.29) is 42.1 Å². The second-order valence-corrected chi connectivity index (χ2v) is 8.66. The first-order valence-corrected chi connectivity index (χ1v) is 10.8. The first kappa shape index (κ1) is 22.1. The molecule has 3 amide bonds. The summed E-state index contributed by atoms with van der Waals surface area (Å²) in [5.74, 6) is 0.446. The van der Waals surface area contributed by atoms with Crippen molar-refractivity contribution in [3.05, 3.63) is 23.8 Å². The van der Waals surface area contributed by atoms with Gasteiger partial charge in [0.05, 0.1) is 31.6 Å². The van der Waals surface area contributed by atoms with Crippen LogP contribution in [0.4, 0.5) is 0 Å². The van der Waals surface area contributed by atoms with Gasteiger partial charge in [-0.1, -0.05) is 32.8 Å². The van der Waals surface area contributed by atoms with Crippen molar-refractivity contribution in [1.82, 2.24) is 10.2 Å². The van der Waals surface area contributed by atoms with E-state index in [1.54, 1.807) is 7.11 Å². The van der Waals surface area contributed by atoms with Gasteiger partial charge in [-0.15, -0.1) is 0 Å². The first-order chi connectivity index (χ1) is 14.3. The topological polar surface area (TPSA) is 84.9 Å². The largest absolute Gasteiger partial charge is 0.493 e. The van der Waals surface area contributed by atoms with Gasteiger partial charge in [0.2, 0.25) is 17.7 Å². The van der Waals surface area contributed by atoms with Gasteiger partial charge >= 0.3 is 0 Å². The van der Waals surface area contributed by atoms with E-state index in [9.17, 15) is 14.4 Å². The van der Waals surface area contributed by atoms with Crippen molar-refractivity contribution >= 4 is 17.7 Å². The first-order valence-electron chi connectivity index (χ1n) is 10.8. The Kier molecular flexibility index (Phi) is 7.00. The second-order valence-electron chi connectivity index (χ2n) is 8.66. The van der Waals surface area contributed by atoms with Gasteiger partial charge in [-0.3, -0.25) is 19.3 Å². The Bertz CT molecular complexity index is 783. The number of nitrogens with one attached hydrogen (secondary N) is 1. The summed E-state index contributed by atoms with van der Waals surface area (Å²) in [6, 6.07) is 5.24. The van der Waals surface area contributed by atoms with Crippen LogP contribution in [0.2, 0.25) is 0 Å². The lowest BCUT2D eigenvalue weighted by molar-refractivity contribution is -0.143. The third-order valence-electron chi connectivity index (χ3n) is 5.87. The number of carbonyl (C=O) groups is 3. The molecule has 1 heterocycles. The van der Waals surface area contributed by atoms with Crippen LogP contribution in [0.5, 0.6) is 11.5 Å². The highest BCUT2D eigenvalue weighted by Gasteiger charge is 2.48. The monoisotopic (exact) mass is 416 g/mol. The van der Waals surface area contributed by atoms with Crippen LogP contribution in [0.25, 0.3) is 0 Å². The Labute approximate surface area is 178 Å². The molecule has 1 N–H and O–H groups in total. The molecule has 7 nitrogen and oxygen atoms in total. The number of rotatable bonds is 8. The number of likely N-dealkylation sites (tertiary alicyclic amines) is 1. The quantitative estimate of drug-likeness (QED) is 0.659. The standard InChI is InChI=1S/C23H32N2O5/c1-14(2)13-30-19-10-9-16(11-20(19)29-4)15(3)24-21(26)12-25-22(27)17-7-5-6-8-18(17)23(25)28/h9-11,14-15,17-18H,5-8,12-13H2,1-4H3,(H,24,26)/t15-,17-,18+/m0/s1. The van der Waals surface area contributed by atoms with E-state index in [1.165, 1.54) is 0 Å². The summed E-state index contributed by atoms with van der Waals surface area (Å²) in [4.78, 5) is 38.8. The zero-order chi connectivity index (χ0) is 21.8. The average molecular weight is 417 g/mol. The van der Waals surface area contributed by atoms with Crippen molar-refractivity contribution in [2.45, 2.75) is 52.5 Å². The van der Waals surface area contributed by atoms with Crippen LogP contribution in [0.15, 0.2) is 18.2 Å². The van der Waals surface area contributed by atoms with E-state index >= 15 is 0 Å². The molecule has 1 saturated carbocycles. The predicted octanol–water partition coefficient (Wildman–Crippen LogP) is 3.08. The molecule has 7 heteroatoms. The van der Waals surface area contributed by atoms with E-state index in [2.05, 4.69) is 19.2 Å². The van der Waals surface area contributed by atoms with Gasteiger partial charge in [0.1, 0.15) is 6.54 Å². The molecular formula is C23H32N2O5. The fourth-order valence-electron chi connectivity index (χ4n) is 4.23. The summed E-state index contributed by atoms with van der Waals surface area (Å²) >= 11 is 0. The Morgan fingerprint density at radius 3 is 2.30 bits per heavy atom. The van der Waals surface area contributed by atoms with Crippen molar-refractivity contribution in [2.75, 3.05) is 20.3 Å². The minimum absolute atomic E-state index is 0.194. The lowest BCUT2D eigenvalue weighted by Crippen LogP contribution is -2.41. The van der Waals surface area contributed by atoms with Crippen molar-refractivity contribution in [1.29, 1.82) is 0 Å². The van der Waals surface area contributed by atoms with Gasteiger partial charge < -0.3 is 14.8 Å². The summed E-state index contributed by atoms with van der Waals surface area (Å²) in [6.07, 6.45) is 3.43. The number of methoxy groups -OCH3 is 1. The van der Waals surface area contributed by atoms with Crippen molar-refractivity contribution in [3.8, 4) is 11.5 Å². The molecule has 2 aliphatic rings. The fraction of sp³-hybridized carbons (Fsp3) is 0.609. The Balaban J connectivity index is 1.61. The molecule has 3 atom stereocenters. The number of hydrogen-bond donors (Lipinski definition) is 1. The molecule has 1 aliphatic heterocycles. The molecule has 164 valence electrons. The molecule has 30 heavy (non-hydrogen) atoms. The molecular weight excluding hydrogens is 384 g/mol. The van der Waals surface area contributed by atoms with Crippen molar-refractivity contribution in [3.63, 3.8) is 0 Å². The molecule has 0 bridgehead atoms. The van der Waals surface area contributed by atoms with E-state index < -0.39 is 0 Å². The normalized spacial score (nSPS) is 22.1. The molecule has 1 aromatic rings. The highest BCUT2D eigenvalue weighted by Crippen LogP contribution is 2.38. The molecule has 0 unspecified atom stereocenters. The molecule has 3 rings (SSSR count). The van der Waals surface area contributed by atoms with Gasteiger partial charge in [-0.2, -0.15) is 0 Å². The summed E-state index contributed by atoms with van der Waals surface area (Å²) in [5, 5.41) is 2.89. The fourth-order valence-corrected chi connectivity index (χ4v) is 4.23. The Morgan fingerprint density at radius 1 is 1.10 bits per heavy atom. The number of fused-ring (bicyclic) bond motifs is 1. The van der Waals surface area contributed by atoms with E-state index in [0.717, 1.165) is 36.1 Å². The van der Waals surface area contributed by atoms with Crippen LogP contribution < -0.4 is 14.8 Å². The summed E-state index contributed by atoms with van der Waals surface area (Å²) in [5.41, 5.74) is 0.852. The number of nitrogens with zero attached hydrogens (tertiary/aromatic N) is 1. The minimum atomic E-state index is -0.345. The zero-order valence-corrected chi connectivity index (χ0v) is 18.3. The third kappa shape index (κ3) is 4.77. The smallest absolute Gasteiger partial charge is 0.240 e. The highest BCUT2D eigenvalue weighted by atomic mass is 16.5. The average Bonchev–Trinajstić information content (AvgIpc) is 2.97. The maximum atomic E-state index is 12.6. The molecule has 0 aromatic heterocycles. The number of amides is 3. The summed E-state index contributed by atoms with van der Waals surface area (Å²) < 4.78 is 11.2. The summed E-state index contributed by atoms with van der Waals surface area (Å²) in [7, 11) is 1.58. The lowest BCUT2D eigenvalue weighted by atomic mass is 9.81. The van der Waals surface area contributed by atoms with E-state index in [0.29, 0.717) is 24.0 Å². The molecule has 0 radical (unpaired) electrons. The molecule has 1 aliphatic carbocycles. The molecule has 0 spiro atoms. The zero-order valence-electron chi connectivity index (χ0n) is 18.3. The van der Waals surface area contributed by atoms with Crippen molar-refractivity contribution in [2.24, 2.45) is 17.8 Å². The Morgan fingerprint density at radius 2 is 1.73 bits per heavy atom. The van der Waals surface area contributed by atoms with Crippen LogP contribution >= 0.6 is 0 Å². The molecule has 1 saturated heterocycles. The minimum Gasteiger partial charge on any atom is -0.493 e. The molecule has 1 aromatic carbocycles. The molecule has 2 fully saturated rings. The maximum Gasteiger partial charge on any atom is 0.240 e. The van der Waals surface area contributed by atoms with Crippen LogP contribution in [-0.2, 0) is 14.4 Å².